The van der Waals surface area contributed by atoms with Crippen molar-refractivity contribution in [2.24, 2.45) is 0 Å². The topological polar surface area (TPSA) is 91.5 Å². The van der Waals surface area contributed by atoms with E-state index in [-0.39, 0.29) is 6.03 Å². The Labute approximate surface area is 194 Å². The summed E-state index contributed by atoms with van der Waals surface area (Å²) in [6, 6.07) is 9.84. The molecule has 164 valence electrons. The molecule has 2 amide bonds. The van der Waals surface area contributed by atoms with E-state index in [0.717, 1.165) is 51.5 Å². The number of pyridine rings is 1. The first-order valence-corrected chi connectivity index (χ1v) is 12.1. The molecule has 0 spiro atoms. The Hall–Kier alpha value is -2.88. The fraction of sp³-hybridized carbons (Fsp3) is 0.261. The zero-order chi connectivity index (χ0) is 22.3. The van der Waals surface area contributed by atoms with Gasteiger partial charge in [0.05, 0.1) is 15.5 Å². The molecule has 7 nitrogen and oxygen atoms in total. The fourth-order valence-corrected chi connectivity index (χ4v) is 5.65. The third-order valence-corrected chi connectivity index (χ3v) is 7.53. The fourth-order valence-electron chi connectivity index (χ4n) is 3.96. The second kappa shape index (κ2) is 8.23. The van der Waals surface area contributed by atoms with Gasteiger partial charge in [-0.05, 0) is 90.9 Å². The van der Waals surface area contributed by atoms with E-state index in [1.807, 2.05) is 34.2 Å². The summed E-state index contributed by atoms with van der Waals surface area (Å²) >= 11 is 2.74. The molecular weight excluding hydrogens is 442 g/mol. The molecule has 32 heavy (non-hydrogen) atoms. The Balaban J connectivity index is 1.39. The van der Waals surface area contributed by atoms with Crippen LogP contribution in [0.1, 0.15) is 37.0 Å². The molecule has 9 heteroatoms. The van der Waals surface area contributed by atoms with Crippen LogP contribution in [-0.2, 0) is 18.4 Å². The van der Waals surface area contributed by atoms with Gasteiger partial charge < -0.3 is 10.4 Å². The maximum atomic E-state index is 12.8. The number of aliphatic hydroxyl groups is 1. The number of carbonyl (C=O) groups excluding carboxylic acids is 1. The number of urea groups is 1. The second-order valence-corrected chi connectivity index (χ2v) is 10.4. The van der Waals surface area contributed by atoms with Crippen molar-refractivity contribution in [1.29, 1.82) is 0 Å². The van der Waals surface area contributed by atoms with Gasteiger partial charge in [-0.3, -0.25) is 9.12 Å². The molecule has 0 radical (unpaired) electrons. The third-order valence-electron chi connectivity index (χ3n) is 5.66. The van der Waals surface area contributed by atoms with Crippen LogP contribution < -0.4 is 10.0 Å². The lowest BCUT2D eigenvalue weighted by atomic mass is 9.98. The number of fused-ring (bicyclic) bond motifs is 2. The molecule has 4 aromatic rings. The van der Waals surface area contributed by atoms with Crippen molar-refractivity contribution in [2.75, 3.05) is 5.32 Å². The number of hydrogen-bond acceptors (Lipinski definition) is 6. The molecule has 0 saturated carbocycles. The van der Waals surface area contributed by atoms with Gasteiger partial charge in [0.2, 0.25) is 0 Å². The van der Waals surface area contributed by atoms with Gasteiger partial charge in [-0.15, -0.1) is 21.5 Å². The van der Waals surface area contributed by atoms with E-state index in [2.05, 4.69) is 32.4 Å². The number of aromatic nitrogens is 3. The number of nitrogens with one attached hydrogen (secondary N) is 2. The molecule has 1 aliphatic carbocycles. The highest BCUT2D eigenvalue weighted by Crippen LogP contribution is 2.38. The molecule has 0 atom stereocenters. The van der Waals surface area contributed by atoms with Gasteiger partial charge in [0, 0.05) is 11.8 Å². The Morgan fingerprint density at radius 2 is 2.12 bits per heavy atom. The third kappa shape index (κ3) is 4.11. The molecule has 0 aliphatic heterocycles. The summed E-state index contributed by atoms with van der Waals surface area (Å²) in [6.45, 7) is 3.50. The van der Waals surface area contributed by atoms with Crippen LogP contribution in [0, 0.1) is 0 Å². The predicted molar refractivity (Wildman–Crippen MR) is 128 cm³/mol. The highest BCUT2D eigenvalue weighted by Gasteiger charge is 2.21. The van der Waals surface area contributed by atoms with Crippen molar-refractivity contribution < 1.29 is 9.90 Å². The number of amides is 2. The summed E-state index contributed by atoms with van der Waals surface area (Å²) in [7, 11) is 0. The molecule has 0 unspecified atom stereocenters. The van der Waals surface area contributed by atoms with Gasteiger partial charge in [-0.1, -0.05) is 12.1 Å². The summed E-state index contributed by atoms with van der Waals surface area (Å²) in [6.07, 6.45) is 6.65. The maximum absolute atomic E-state index is 12.8. The predicted octanol–water partition coefficient (Wildman–Crippen LogP) is 5.00. The van der Waals surface area contributed by atoms with Crippen molar-refractivity contribution in [3.8, 4) is 11.1 Å². The number of benzene rings is 1. The number of aryl methyl sites for hydroxylation is 1. The summed E-state index contributed by atoms with van der Waals surface area (Å²) in [5.41, 5.74) is 5.98. The highest BCUT2D eigenvalue weighted by molar-refractivity contribution is 7.99. The lowest BCUT2D eigenvalue weighted by molar-refractivity contribution is 0.0789. The van der Waals surface area contributed by atoms with Gasteiger partial charge in [0.1, 0.15) is 6.33 Å². The zero-order valence-electron chi connectivity index (χ0n) is 17.8. The van der Waals surface area contributed by atoms with Gasteiger partial charge in [0.15, 0.2) is 5.65 Å². The SMILES string of the molecule is CC(C)(O)c1csc(SNC(=O)Nc2c(-c3ccn4cnnc4c3)ccc3c2CCC3)c1. The van der Waals surface area contributed by atoms with Gasteiger partial charge in [-0.2, -0.15) is 0 Å². The first-order chi connectivity index (χ1) is 15.4. The summed E-state index contributed by atoms with van der Waals surface area (Å²) in [5.74, 6) is 0. The van der Waals surface area contributed by atoms with Crippen LogP contribution in [0.15, 0.2) is 52.4 Å². The van der Waals surface area contributed by atoms with E-state index in [4.69, 9.17) is 0 Å². The minimum atomic E-state index is -0.900. The molecule has 3 aromatic heterocycles. The Morgan fingerprint density at radius 1 is 1.25 bits per heavy atom. The summed E-state index contributed by atoms with van der Waals surface area (Å²) < 4.78 is 5.64. The molecule has 3 N–H and O–H groups in total. The molecule has 0 bridgehead atoms. The Kier molecular flexibility index (Phi) is 5.40. The number of hydrogen-bond donors (Lipinski definition) is 3. The van der Waals surface area contributed by atoms with Crippen molar-refractivity contribution in [1.82, 2.24) is 19.3 Å². The monoisotopic (exact) mass is 465 g/mol. The average Bonchev–Trinajstić information content (AvgIpc) is 3.51. The first kappa shape index (κ1) is 21.0. The smallest absolute Gasteiger partial charge is 0.329 e. The van der Waals surface area contributed by atoms with Crippen molar-refractivity contribution in [3.63, 3.8) is 0 Å². The molecule has 1 aliphatic rings. The second-order valence-electron chi connectivity index (χ2n) is 8.36. The normalized spacial score (nSPS) is 13.3. The summed E-state index contributed by atoms with van der Waals surface area (Å²) in [4.78, 5) is 12.8. The molecule has 5 rings (SSSR count). The minimum Gasteiger partial charge on any atom is -0.386 e. The van der Waals surface area contributed by atoms with Crippen molar-refractivity contribution >= 4 is 40.7 Å². The van der Waals surface area contributed by atoms with Crippen LogP contribution in [0.5, 0.6) is 0 Å². The van der Waals surface area contributed by atoms with E-state index in [1.165, 1.54) is 34.4 Å². The van der Waals surface area contributed by atoms with Crippen LogP contribution in [0.4, 0.5) is 10.5 Å². The van der Waals surface area contributed by atoms with Crippen LogP contribution in [0.2, 0.25) is 0 Å². The Bertz CT molecular complexity index is 1310. The van der Waals surface area contributed by atoms with Gasteiger partial charge >= 0.3 is 6.03 Å². The quantitative estimate of drug-likeness (QED) is 0.361. The largest absolute Gasteiger partial charge is 0.386 e. The van der Waals surface area contributed by atoms with E-state index < -0.39 is 5.60 Å². The number of thiophene rings is 1. The van der Waals surface area contributed by atoms with Crippen molar-refractivity contribution in [2.45, 2.75) is 42.9 Å². The van der Waals surface area contributed by atoms with E-state index in [0.29, 0.717) is 0 Å². The standard InChI is InChI=1S/C23H23N5O2S2/c1-23(2,30)16-11-20(31-12-16)32-27-22(29)25-21-17-5-3-4-14(17)6-7-18(21)15-8-9-28-13-24-26-19(28)10-15/h6-13,30H,3-5H2,1-2H3,(H2,25,27,29). The molecule has 0 fully saturated rings. The zero-order valence-corrected chi connectivity index (χ0v) is 19.4. The van der Waals surface area contributed by atoms with Gasteiger partial charge in [-0.25, -0.2) is 4.79 Å². The van der Waals surface area contributed by atoms with Crippen molar-refractivity contribution in [3.05, 3.63) is 64.9 Å². The number of rotatable bonds is 5. The lowest BCUT2D eigenvalue weighted by Crippen LogP contribution is -2.23. The van der Waals surface area contributed by atoms with Crippen LogP contribution in [0.25, 0.3) is 16.8 Å². The number of carbonyl (C=O) groups is 1. The lowest BCUT2D eigenvalue weighted by Gasteiger charge is -2.16. The highest BCUT2D eigenvalue weighted by atomic mass is 32.2. The number of anilines is 1. The van der Waals surface area contributed by atoms with E-state index in [9.17, 15) is 9.90 Å². The van der Waals surface area contributed by atoms with E-state index >= 15 is 0 Å². The first-order valence-electron chi connectivity index (χ1n) is 10.4. The van der Waals surface area contributed by atoms with Crippen LogP contribution >= 0.6 is 23.3 Å². The Morgan fingerprint density at radius 3 is 2.94 bits per heavy atom. The van der Waals surface area contributed by atoms with Crippen LogP contribution in [-0.4, -0.2) is 25.7 Å². The maximum Gasteiger partial charge on any atom is 0.329 e. The van der Waals surface area contributed by atoms with E-state index in [1.54, 1.807) is 20.2 Å². The average molecular weight is 466 g/mol. The number of nitrogens with zero attached hydrogens (tertiary/aromatic N) is 3. The molecule has 1 aromatic carbocycles. The molecular formula is C23H23N5O2S2. The summed E-state index contributed by atoms with van der Waals surface area (Å²) in [5, 5.41) is 23.2. The van der Waals surface area contributed by atoms with Gasteiger partial charge in [0.25, 0.3) is 0 Å². The molecule has 3 heterocycles. The minimum absolute atomic E-state index is 0.279. The van der Waals surface area contributed by atoms with Crippen LogP contribution in [0.3, 0.4) is 0 Å². The molecule has 0 saturated heterocycles.